The number of thiophene rings is 1. The van der Waals surface area contributed by atoms with E-state index in [-0.39, 0.29) is 0 Å². The van der Waals surface area contributed by atoms with Gasteiger partial charge in [-0.1, -0.05) is 18.2 Å². The molecule has 0 spiro atoms. The van der Waals surface area contributed by atoms with Crippen molar-refractivity contribution >= 4 is 39.0 Å². The smallest absolute Gasteiger partial charge is 0.132 e. The van der Waals surface area contributed by atoms with E-state index in [1.54, 1.807) is 0 Å². The number of carbonyl (C=O) groups is 1. The maximum atomic E-state index is 11.2. The molecule has 1 nitrogen and oxygen atoms in total. The lowest BCUT2D eigenvalue weighted by Crippen LogP contribution is -2.14. The molecule has 0 saturated heterocycles. The number of carbonyl (C=O) groups excluding carboxylic acids is 1. The van der Waals surface area contributed by atoms with Crippen molar-refractivity contribution in [3.8, 4) is 0 Å². The van der Waals surface area contributed by atoms with E-state index in [9.17, 15) is 4.79 Å². The maximum absolute atomic E-state index is 11.2. The van der Waals surface area contributed by atoms with Gasteiger partial charge in [0.15, 0.2) is 0 Å². The van der Waals surface area contributed by atoms with Crippen LogP contribution in [0, 0.1) is 0 Å². The van der Waals surface area contributed by atoms with Gasteiger partial charge in [-0.25, -0.2) is 0 Å². The van der Waals surface area contributed by atoms with Crippen molar-refractivity contribution in [1.82, 2.24) is 0 Å². The molecular weight excluding hydrogens is 248 g/mol. The van der Waals surface area contributed by atoms with Crippen LogP contribution in [0.1, 0.15) is 25.7 Å². The molecule has 0 aliphatic heterocycles. The summed E-state index contributed by atoms with van der Waals surface area (Å²) in [5.41, 5.74) is 0. The molecule has 1 aromatic carbocycles. The Hall–Kier alpha value is -0.800. The zero-order valence-corrected chi connectivity index (χ0v) is 11.2. The van der Waals surface area contributed by atoms with Gasteiger partial charge in [0.25, 0.3) is 0 Å². The molecule has 1 aliphatic rings. The highest BCUT2D eigenvalue weighted by Crippen LogP contribution is 2.38. The minimum absolute atomic E-state index is 0.443. The first-order valence-electron chi connectivity index (χ1n) is 5.98. The molecular formula is C14H14OS2. The van der Waals surface area contributed by atoms with Crippen molar-refractivity contribution in [2.75, 3.05) is 0 Å². The molecule has 0 N–H and O–H groups in total. The summed E-state index contributed by atoms with van der Waals surface area (Å²) in [5, 5.41) is 1.98. The highest BCUT2D eigenvalue weighted by atomic mass is 32.2. The predicted molar refractivity (Wildman–Crippen MR) is 74.9 cm³/mol. The second kappa shape index (κ2) is 4.83. The number of fused-ring (bicyclic) bond motifs is 1. The second-order valence-corrected chi connectivity index (χ2v) is 7.14. The third-order valence-corrected chi connectivity index (χ3v) is 5.78. The number of benzene rings is 1. The molecule has 0 radical (unpaired) electrons. The number of Topliss-reactive ketones (excluding diaryl/α,β-unsaturated/α-hetero) is 1. The zero-order valence-electron chi connectivity index (χ0n) is 9.52. The van der Waals surface area contributed by atoms with Crippen molar-refractivity contribution in [2.24, 2.45) is 0 Å². The van der Waals surface area contributed by atoms with Crippen LogP contribution in [-0.4, -0.2) is 11.0 Å². The van der Waals surface area contributed by atoms with Crippen LogP contribution < -0.4 is 0 Å². The average molecular weight is 262 g/mol. The molecule has 0 amide bonds. The molecule has 3 heteroatoms. The lowest BCUT2D eigenvalue weighted by atomic mass is 9.99. The lowest BCUT2D eigenvalue weighted by Gasteiger charge is -2.19. The third kappa shape index (κ3) is 2.55. The molecule has 0 bridgehead atoms. The van der Waals surface area contributed by atoms with E-state index in [0.29, 0.717) is 11.0 Å². The number of ketones is 1. The minimum Gasteiger partial charge on any atom is -0.300 e. The summed E-state index contributed by atoms with van der Waals surface area (Å²) in [6, 6.07) is 10.8. The largest absolute Gasteiger partial charge is 0.300 e. The first kappa shape index (κ1) is 11.3. The Morgan fingerprint density at radius 2 is 1.94 bits per heavy atom. The Labute approximate surface area is 109 Å². The summed E-state index contributed by atoms with van der Waals surface area (Å²) in [4.78, 5) is 11.2. The van der Waals surface area contributed by atoms with E-state index in [1.165, 1.54) is 14.3 Å². The first-order chi connectivity index (χ1) is 8.31. The van der Waals surface area contributed by atoms with E-state index in [2.05, 4.69) is 30.3 Å². The van der Waals surface area contributed by atoms with Gasteiger partial charge >= 0.3 is 0 Å². The van der Waals surface area contributed by atoms with Crippen LogP contribution >= 0.6 is 23.1 Å². The second-order valence-electron chi connectivity index (χ2n) is 4.46. The maximum Gasteiger partial charge on any atom is 0.132 e. The van der Waals surface area contributed by atoms with Crippen molar-refractivity contribution < 1.29 is 4.79 Å². The van der Waals surface area contributed by atoms with Crippen LogP contribution in [0.25, 0.3) is 10.1 Å². The van der Waals surface area contributed by atoms with Gasteiger partial charge in [-0.05, 0) is 30.4 Å². The summed E-state index contributed by atoms with van der Waals surface area (Å²) in [6.07, 6.45) is 3.67. The Kier molecular flexibility index (Phi) is 3.21. The molecule has 1 aromatic heterocycles. The molecule has 88 valence electrons. The average Bonchev–Trinajstić information content (AvgIpc) is 2.74. The Bertz CT molecular complexity index is 501. The summed E-state index contributed by atoms with van der Waals surface area (Å²) in [6.45, 7) is 0. The van der Waals surface area contributed by atoms with Crippen LogP contribution in [-0.2, 0) is 4.79 Å². The molecule has 1 fully saturated rings. The summed E-state index contributed by atoms with van der Waals surface area (Å²) in [5.74, 6) is 0.443. The van der Waals surface area contributed by atoms with Gasteiger partial charge < -0.3 is 0 Å². The lowest BCUT2D eigenvalue weighted by molar-refractivity contribution is -0.120. The third-order valence-electron chi connectivity index (χ3n) is 3.18. The highest BCUT2D eigenvalue weighted by molar-refractivity contribution is 8.01. The topological polar surface area (TPSA) is 17.1 Å². The van der Waals surface area contributed by atoms with Gasteiger partial charge in [-0.15, -0.1) is 23.1 Å². The van der Waals surface area contributed by atoms with Crippen molar-refractivity contribution in [1.29, 1.82) is 0 Å². The minimum atomic E-state index is 0.443. The van der Waals surface area contributed by atoms with Crippen LogP contribution in [0.15, 0.2) is 34.5 Å². The fourth-order valence-corrected chi connectivity index (χ4v) is 4.87. The van der Waals surface area contributed by atoms with Crippen LogP contribution in [0.5, 0.6) is 0 Å². The number of rotatable bonds is 2. The van der Waals surface area contributed by atoms with Crippen LogP contribution in [0.4, 0.5) is 0 Å². The molecule has 1 saturated carbocycles. The van der Waals surface area contributed by atoms with E-state index in [4.69, 9.17) is 0 Å². The summed E-state index contributed by atoms with van der Waals surface area (Å²) in [7, 11) is 0. The summed E-state index contributed by atoms with van der Waals surface area (Å²) >= 11 is 3.83. The first-order valence-corrected chi connectivity index (χ1v) is 7.68. The van der Waals surface area contributed by atoms with Gasteiger partial charge in [-0.3, -0.25) is 4.79 Å². The van der Waals surface area contributed by atoms with E-state index >= 15 is 0 Å². The van der Waals surface area contributed by atoms with Gasteiger partial charge in [-0.2, -0.15) is 0 Å². The van der Waals surface area contributed by atoms with Gasteiger partial charge in [0.2, 0.25) is 0 Å². The highest BCUT2D eigenvalue weighted by Gasteiger charge is 2.20. The van der Waals surface area contributed by atoms with Crippen molar-refractivity contribution in [3.63, 3.8) is 0 Å². The van der Waals surface area contributed by atoms with Crippen LogP contribution in [0.2, 0.25) is 0 Å². The Morgan fingerprint density at radius 1 is 1.18 bits per heavy atom. The number of thioether (sulfide) groups is 1. The van der Waals surface area contributed by atoms with Gasteiger partial charge in [0, 0.05) is 22.8 Å². The number of hydrogen-bond acceptors (Lipinski definition) is 3. The molecule has 17 heavy (non-hydrogen) atoms. The van der Waals surface area contributed by atoms with Crippen molar-refractivity contribution in [2.45, 2.75) is 35.1 Å². The quantitative estimate of drug-likeness (QED) is 0.792. The standard InChI is InChI=1S/C14H14OS2/c15-11-5-7-12(8-6-11)16-14-9-10-3-1-2-4-13(10)17-14/h1-4,9,12H,5-8H2. The monoisotopic (exact) mass is 262 g/mol. The van der Waals surface area contributed by atoms with E-state index in [0.717, 1.165) is 25.7 Å². The molecule has 1 aliphatic carbocycles. The number of hydrogen-bond donors (Lipinski definition) is 0. The predicted octanol–water partition coefficient (Wildman–Crippen LogP) is 4.51. The molecule has 0 atom stereocenters. The zero-order chi connectivity index (χ0) is 11.7. The van der Waals surface area contributed by atoms with Gasteiger partial charge in [0.1, 0.15) is 5.78 Å². The Balaban J connectivity index is 1.74. The summed E-state index contributed by atoms with van der Waals surface area (Å²) < 4.78 is 2.76. The molecule has 3 rings (SSSR count). The van der Waals surface area contributed by atoms with Crippen molar-refractivity contribution in [3.05, 3.63) is 30.3 Å². The fraction of sp³-hybridized carbons (Fsp3) is 0.357. The SMILES string of the molecule is O=C1CCC(Sc2cc3ccccc3s2)CC1. The normalized spacial score (nSPS) is 17.8. The van der Waals surface area contributed by atoms with E-state index < -0.39 is 0 Å². The molecule has 0 unspecified atom stereocenters. The van der Waals surface area contributed by atoms with E-state index in [1.807, 2.05) is 23.1 Å². The van der Waals surface area contributed by atoms with Crippen LogP contribution in [0.3, 0.4) is 0 Å². The molecule has 2 aromatic rings. The fourth-order valence-electron chi connectivity index (χ4n) is 2.21. The Morgan fingerprint density at radius 3 is 2.71 bits per heavy atom. The van der Waals surface area contributed by atoms with Gasteiger partial charge in [0.05, 0.1) is 4.21 Å². The molecule has 1 heterocycles.